The van der Waals surface area contributed by atoms with Crippen molar-refractivity contribution in [2.24, 2.45) is 5.10 Å². The SMILES string of the molecule is CCC(O)C/C=C/c1cc(/C=N/NC(=O)c2ccc(O)c(Cl)c2)cc(OC)c1OC. The van der Waals surface area contributed by atoms with Gasteiger partial charge >= 0.3 is 0 Å². The number of halogens is 1. The molecule has 0 aliphatic heterocycles. The third kappa shape index (κ3) is 6.23. The Morgan fingerprint density at radius 2 is 2.03 bits per heavy atom. The lowest BCUT2D eigenvalue weighted by Crippen LogP contribution is -2.17. The van der Waals surface area contributed by atoms with Crippen molar-refractivity contribution >= 4 is 29.8 Å². The van der Waals surface area contributed by atoms with Crippen LogP contribution in [0.15, 0.2) is 41.5 Å². The summed E-state index contributed by atoms with van der Waals surface area (Å²) in [7, 11) is 3.08. The molecule has 0 aromatic heterocycles. The molecule has 30 heavy (non-hydrogen) atoms. The smallest absolute Gasteiger partial charge is 0.271 e. The Morgan fingerprint density at radius 1 is 1.27 bits per heavy atom. The number of aliphatic hydroxyl groups excluding tert-OH is 1. The van der Waals surface area contributed by atoms with Crippen LogP contribution in [0, 0.1) is 0 Å². The van der Waals surface area contributed by atoms with Gasteiger partial charge in [0.25, 0.3) is 5.91 Å². The van der Waals surface area contributed by atoms with Crippen molar-refractivity contribution in [1.29, 1.82) is 0 Å². The van der Waals surface area contributed by atoms with Crippen molar-refractivity contribution in [2.75, 3.05) is 14.2 Å². The van der Waals surface area contributed by atoms with Crippen LogP contribution in [0.2, 0.25) is 5.02 Å². The Hall–Kier alpha value is -3.03. The van der Waals surface area contributed by atoms with Crippen molar-refractivity contribution in [3.63, 3.8) is 0 Å². The highest BCUT2D eigenvalue weighted by Gasteiger charge is 2.11. The molecule has 2 aromatic carbocycles. The van der Waals surface area contributed by atoms with Crippen molar-refractivity contribution in [2.45, 2.75) is 25.9 Å². The highest BCUT2D eigenvalue weighted by atomic mass is 35.5. The second-order valence-electron chi connectivity index (χ2n) is 6.41. The summed E-state index contributed by atoms with van der Waals surface area (Å²) in [6.07, 6.45) is 5.97. The van der Waals surface area contributed by atoms with E-state index in [0.29, 0.717) is 29.9 Å². The fourth-order valence-corrected chi connectivity index (χ4v) is 2.79. The molecule has 0 radical (unpaired) electrons. The number of aliphatic hydroxyl groups is 1. The van der Waals surface area contributed by atoms with Crippen LogP contribution >= 0.6 is 11.6 Å². The normalized spacial score (nSPS) is 12.3. The first-order valence-electron chi connectivity index (χ1n) is 9.32. The maximum absolute atomic E-state index is 12.2. The Morgan fingerprint density at radius 3 is 2.67 bits per heavy atom. The molecule has 8 heteroatoms. The van der Waals surface area contributed by atoms with Crippen molar-refractivity contribution in [1.82, 2.24) is 5.43 Å². The molecule has 0 aliphatic carbocycles. The number of benzene rings is 2. The van der Waals surface area contributed by atoms with Gasteiger partial charge in [-0.2, -0.15) is 5.10 Å². The number of ether oxygens (including phenoxy) is 2. The van der Waals surface area contributed by atoms with E-state index in [1.54, 1.807) is 13.2 Å². The summed E-state index contributed by atoms with van der Waals surface area (Å²) in [5.74, 6) is 0.491. The van der Waals surface area contributed by atoms with Crippen LogP contribution in [-0.4, -0.2) is 42.7 Å². The molecular weight excluding hydrogens is 408 g/mol. The molecule has 0 heterocycles. The Labute approximate surface area is 180 Å². The van der Waals surface area contributed by atoms with Gasteiger partial charge in [-0.3, -0.25) is 4.79 Å². The molecule has 2 aromatic rings. The maximum atomic E-state index is 12.2. The molecule has 0 spiro atoms. The second kappa shape index (κ2) is 11.2. The first-order valence-corrected chi connectivity index (χ1v) is 9.69. The molecule has 160 valence electrons. The highest BCUT2D eigenvalue weighted by molar-refractivity contribution is 6.32. The zero-order chi connectivity index (χ0) is 22.1. The highest BCUT2D eigenvalue weighted by Crippen LogP contribution is 2.33. The summed E-state index contributed by atoms with van der Waals surface area (Å²) in [6, 6.07) is 7.68. The van der Waals surface area contributed by atoms with E-state index in [1.165, 1.54) is 31.5 Å². The molecular formula is C22H25ClN2O5. The lowest BCUT2D eigenvalue weighted by molar-refractivity contribution is 0.0955. The van der Waals surface area contributed by atoms with Gasteiger partial charge in [0.2, 0.25) is 0 Å². The van der Waals surface area contributed by atoms with E-state index < -0.39 is 12.0 Å². The fraction of sp³-hybridized carbons (Fsp3) is 0.273. The molecule has 1 unspecified atom stereocenters. The summed E-state index contributed by atoms with van der Waals surface area (Å²) < 4.78 is 10.8. The number of phenols is 1. The topological polar surface area (TPSA) is 100 Å². The Bertz CT molecular complexity index is 943. The number of nitrogens with zero attached hydrogens (tertiary/aromatic N) is 1. The number of carbonyl (C=O) groups is 1. The predicted molar refractivity (Wildman–Crippen MR) is 118 cm³/mol. The average Bonchev–Trinajstić information content (AvgIpc) is 2.74. The maximum Gasteiger partial charge on any atom is 0.271 e. The zero-order valence-corrected chi connectivity index (χ0v) is 17.8. The number of hydrogen-bond acceptors (Lipinski definition) is 6. The van der Waals surface area contributed by atoms with E-state index in [2.05, 4.69) is 10.5 Å². The molecule has 0 saturated carbocycles. The molecule has 3 N–H and O–H groups in total. The lowest BCUT2D eigenvalue weighted by atomic mass is 10.1. The molecule has 2 rings (SSSR count). The number of carbonyl (C=O) groups excluding carboxylic acids is 1. The summed E-state index contributed by atoms with van der Waals surface area (Å²) in [5.41, 5.74) is 4.10. The van der Waals surface area contributed by atoms with Crippen LogP contribution in [-0.2, 0) is 0 Å². The van der Waals surface area contributed by atoms with Gasteiger partial charge < -0.3 is 19.7 Å². The van der Waals surface area contributed by atoms with Crippen LogP contribution < -0.4 is 14.9 Å². The number of phenolic OH excluding ortho intramolecular Hbond substituents is 1. The summed E-state index contributed by atoms with van der Waals surface area (Å²) in [4.78, 5) is 12.2. The minimum absolute atomic E-state index is 0.0798. The summed E-state index contributed by atoms with van der Waals surface area (Å²) >= 11 is 5.82. The number of aromatic hydroxyl groups is 1. The van der Waals surface area contributed by atoms with E-state index in [0.717, 1.165) is 5.56 Å². The van der Waals surface area contributed by atoms with Crippen LogP contribution in [0.5, 0.6) is 17.2 Å². The first-order chi connectivity index (χ1) is 14.4. The van der Waals surface area contributed by atoms with Gasteiger partial charge in [-0.1, -0.05) is 30.7 Å². The van der Waals surface area contributed by atoms with E-state index in [1.807, 2.05) is 25.1 Å². The fourth-order valence-electron chi connectivity index (χ4n) is 2.61. The van der Waals surface area contributed by atoms with Gasteiger partial charge in [0.05, 0.1) is 31.6 Å². The monoisotopic (exact) mass is 432 g/mol. The molecule has 1 atom stereocenters. The molecule has 0 bridgehead atoms. The third-order valence-electron chi connectivity index (χ3n) is 4.30. The van der Waals surface area contributed by atoms with E-state index in [9.17, 15) is 15.0 Å². The lowest BCUT2D eigenvalue weighted by Gasteiger charge is -2.12. The minimum atomic E-state index is -0.470. The van der Waals surface area contributed by atoms with Crippen LogP contribution in [0.1, 0.15) is 41.3 Å². The first kappa shape index (κ1) is 23.3. The molecule has 1 amide bonds. The Balaban J connectivity index is 2.20. The number of methoxy groups -OCH3 is 2. The number of nitrogens with one attached hydrogen (secondary N) is 1. The number of amides is 1. The zero-order valence-electron chi connectivity index (χ0n) is 17.1. The number of rotatable bonds is 9. The predicted octanol–water partition coefficient (Wildman–Crippen LogP) is 4.00. The number of hydrogen-bond donors (Lipinski definition) is 3. The van der Waals surface area contributed by atoms with E-state index in [-0.39, 0.29) is 16.3 Å². The average molecular weight is 433 g/mol. The van der Waals surface area contributed by atoms with Gasteiger partial charge in [-0.25, -0.2) is 5.43 Å². The molecule has 0 aliphatic rings. The largest absolute Gasteiger partial charge is 0.506 e. The second-order valence-corrected chi connectivity index (χ2v) is 6.82. The summed E-state index contributed by atoms with van der Waals surface area (Å²) in [5, 5.41) is 23.2. The van der Waals surface area contributed by atoms with Crippen molar-refractivity contribution in [3.8, 4) is 17.2 Å². The molecule has 0 saturated heterocycles. The van der Waals surface area contributed by atoms with Crippen molar-refractivity contribution in [3.05, 3.63) is 58.1 Å². The van der Waals surface area contributed by atoms with Gasteiger partial charge in [0, 0.05) is 11.1 Å². The van der Waals surface area contributed by atoms with Gasteiger partial charge in [0.1, 0.15) is 5.75 Å². The van der Waals surface area contributed by atoms with Gasteiger partial charge in [0.15, 0.2) is 11.5 Å². The quantitative estimate of drug-likeness (QED) is 0.410. The molecule has 7 nitrogen and oxygen atoms in total. The third-order valence-corrected chi connectivity index (χ3v) is 4.60. The molecule has 0 fully saturated rings. The van der Waals surface area contributed by atoms with E-state index >= 15 is 0 Å². The minimum Gasteiger partial charge on any atom is -0.506 e. The Kier molecular flexibility index (Phi) is 8.70. The summed E-state index contributed by atoms with van der Waals surface area (Å²) in [6.45, 7) is 1.92. The van der Waals surface area contributed by atoms with E-state index in [4.69, 9.17) is 21.1 Å². The standard InChI is InChI=1S/C22H25ClN2O5/c1-4-17(26)7-5-6-15-10-14(11-20(29-2)21(15)30-3)13-24-25-22(28)16-8-9-19(27)18(23)12-16/h5-6,8-13,17,26-27H,4,7H2,1-3H3,(H,25,28)/b6-5+,24-13+. The van der Waals surface area contributed by atoms with Gasteiger partial charge in [-0.05, 0) is 48.7 Å². The van der Waals surface area contributed by atoms with Crippen LogP contribution in [0.4, 0.5) is 0 Å². The van der Waals surface area contributed by atoms with Crippen LogP contribution in [0.3, 0.4) is 0 Å². The number of hydrazone groups is 1. The van der Waals surface area contributed by atoms with Gasteiger partial charge in [-0.15, -0.1) is 0 Å². The van der Waals surface area contributed by atoms with Crippen molar-refractivity contribution < 1.29 is 24.5 Å². The van der Waals surface area contributed by atoms with Crippen LogP contribution in [0.25, 0.3) is 6.08 Å².